The zero-order valence-electron chi connectivity index (χ0n) is 14.2. The van der Waals surface area contributed by atoms with Gasteiger partial charge in [-0.1, -0.05) is 17.7 Å². The Morgan fingerprint density at radius 2 is 1.67 bits per heavy atom. The highest BCUT2D eigenvalue weighted by Crippen LogP contribution is 2.25. The second-order valence-corrected chi connectivity index (χ2v) is 6.20. The third kappa shape index (κ3) is 3.00. The highest BCUT2D eigenvalue weighted by Gasteiger charge is 2.15. The molecule has 0 spiro atoms. The van der Waals surface area contributed by atoms with Crippen LogP contribution in [-0.4, -0.2) is 10.9 Å². The molecular formula is C20H19FN2O. The average Bonchev–Trinajstić information content (AvgIpc) is 2.49. The van der Waals surface area contributed by atoms with Crippen LogP contribution in [0.5, 0.6) is 0 Å². The summed E-state index contributed by atoms with van der Waals surface area (Å²) in [5, 5.41) is 3.64. The molecule has 3 rings (SSSR count). The van der Waals surface area contributed by atoms with E-state index in [4.69, 9.17) is 0 Å². The van der Waals surface area contributed by atoms with Gasteiger partial charge in [-0.05, 0) is 57.0 Å². The SMILES string of the molecule is Cc1cc(C)c(NC(=O)c2cc(C)nc3cc(F)ccc23)c(C)c1. The molecule has 0 bridgehead atoms. The maximum atomic E-state index is 13.5. The quantitative estimate of drug-likeness (QED) is 0.732. The van der Waals surface area contributed by atoms with Crippen LogP contribution in [0.25, 0.3) is 10.9 Å². The first-order valence-electron chi connectivity index (χ1n) is 7.81. The van der Waals surface area contributed by atoms with Gasteiger partial charge in [-0.25, -0.2) is 4.39 Å². The Balaban J connectivity index is 2.07. The number of aromatic nitrogens is 1. The number of nitrogens with one attached hydrogen (secondary N) is 1. The third-order valence-corrected chi connectivity index (χ3v) is 4.06. The molecule has 0 aliphatic carbocycles. The molecule has 3 nitrogen and oxygen atoms in total. The molecule has 0 unspecified atom stereocenters. The van der Waals surface area contributed by atoms with Crippen molar-refractivity contribution in [3.63, 3.8) is 0 Å². The number of rotatable bonds is 2. The van der Waals surface area contributed by atoms with Gasteiger partial charge in [-0.3, -0.25) is 9.78 Å². The maximum absolute atomic E-state index is 13.5. The van der Waals surface area contributed by atoms with E-state index in [0.29, 0.717) is 22.2 Å². The minimum Gasteiger partial charge on any atom is -0.321 e. The first kappa shape index (κ1) is 16.1. The minimum atomic E-state index is -0.364. The number of amides is 1. The molecule has 3 aromatic rings. The van der Waals surface area contributed by atoms with Crippen LogP contribution in [0.15, 0.2) is 36.4 Å². The van der Waals surface area contributed by atoms with E-state index in [9.17, 15) is 9.18 Å². The molecule has 2 aromatic carbocycles. The van der Waals surface area contributed by atoms with Gasteiger partial charge in [0.1, 0.15) is 5.82 Å². The third-order valence-electron chi connectivity index (χ3n) is 4.06. The zero-order chi connectivity index (χ0) is 17.4. The summed E-state index contributed by atoms with van der Waals surface area (Å²) in [6, 6.07) is 10.1. The number of halogens is 1. The molecule has 1 amide bonds. The van der Waals surface area contributed by atoms with Crippen LogP contribution < -0.4 is 5.32 Å². The van der Waals surface area contributed by atoms with Crippen molar-refractivity contribution in [1.82, 2.24) is 4.98 Å². The predicted octanol–water partition coefficient (Wildman–Crippen LogP) is 4.86. The van der Waals surface area contributed by atoms with Gasteiger partial charge in [0.2, 0.25) is 0 Å². The highest BCUT2D eigenvalue weighted by atomic mass is 19.1. The molecule has 24 heavy (non-hydrogen) atoms. The number of anilines is 1. The molecule has 4 heteroatoms. The Morgan fingerprint density at radius 3 is 2.33 bits per heavy atom. The van der Waals surface area contributed by atoms with Crippen LogP contribution in [0.1, 0.15) is 32.7 Å². The van der Waals surface area contributed by atoms with E-state index in [1.54, 1.807) is 19.1 Å². The number of carbonyl (C=O) groups is 1. The predicted molar refractivity (Wildman–Crippen MR) is 95.0 cm³/mol. The number of hydrogen-bond donors (Lipinski definition) is 1. The summed E-state index contributed by atoms with van der Waals surface area (Å²) in [4.78, 5) is 17.1. The molecule has 1 aromatic heterocycles. The smallest absolute Gasteiger partial charge is 0.256 e. The summed E-state index contributed by atoms with van der Waals surface area (Å²) >= 11 is 0. The minimum absolute atomic E-state index is 0.216. The first-order valence-corrected chi connectivity index (χ1v) is 7.81. The van der Waals surface area contributed by atoms with Crippen LogP contribution in [0.3, 0.4) is 0 Å². The Morgan fingerprint density at radius 1 is 1.00 bits per heavy atom. The molecular weight excluding hydrogens is 303 g/mol. The maximum Gasteiger partial charge on any atom is 0.256 e. The Bertz CT molecular complexity index is 935. The molecule has 1 heterocycles. The summed E-state index contributed by atoms with van der Waals surface area (Å²) in [7, 11) is 0. The number of pyridine rings is 1. The first-order chi connectivity index (χ1) is 11.3. The van der Waals surface area contributed by atoms with E-state index < -0.39 is 0 Å². The van der Waals surface area contributed by atoms with Gasteiger partial charge in [0.05, 0.1) is 11.1 Å². The van der Waals surface area contributed by atoms with Crippen molar-refractivity contribution in [3.8, 4) is 0 Å². The molecule has 0 fully saturated rings. The van der Waals surface area contributed by atoms with E-state index in [2.05, 4.69) is 10.3 Å². The Labute approximate surface area is 140 Å². The highest BCUT2D eigenvalue weighted by molar-refractivity contribution is 6.12. The molecule has 0 radical (unpaired) electrons. The van der Waals surface area contributed by atoms with Crippen molar-refractivity contribution in [3.05, 3.63) is 70.2 Å². The van der Waals surface area contributed by atoms with Gasteiger partial charge in [-0.15, -0.1) is 0 Å². The van der Waals surface area contributed by atoms with Crippen LogP contribution in [-0.2, 0) is 0 Å². The van der Waals surface area contributed by atoms with Crippen molar-refractivity contribution < 1.29 is 9.18 Å². The summed E-state index contributed by atoms with van der Waals surface area (Å²) in [5.74, 6) is -0.579. The average molecular weight is 322 g/mol. The molecule has 0 aliphatic heterocycles. The van der Waals surface area contributed by atoms with Crippen LogP contribution in [0.4, 0.5) is 10.1 Å². The topological polar surface area (TPSA) is 42.0 Å². The van der Waals surface area contributed by atoms with Crippen molar-refractivity contribution in [1.29, 1.82) is 0 Å². The van der Waals surface area contributed by atoms with Gasteiger partial charge in [0, 0.05) is 22.8 Å². The zero-order valence-corrected chi connectivity index (χ0v) is 14.2. The van der Waals surface area contributed by atoms with Crippen molar-refractivity contribution in [2.24, 2.45) is 0 Å². The largest absolute Gasteiger partial charge is 0.321 e. The summed E-state index contributed by atoms with van der Waals surface area (Å²) < 4.78 is 13.5. The lowest BCUT2D eigenvalue weighted by Gasteiger charge is -2.14. The molecule has 0 aliphatic rings. The van der Waals surface area contributed by atoms with E-state index in [0.717, 1.165) is 22.4 Å². The van der Waals surface area contributed by atoms with Gasteiger partial charge in [0.15, 0.2) is 0 Å². The molecule has 122 valence electrons. The van der Waals surface area contributed by atoms with Crippen molar-refractivity contribution >= 4 is 22.5 Å². The molecule has 0 atom stereocenters. The molecule has 1 N–H and O–H groups in total. The second kappa shape index (κ2) is 6.04. The second-order valence-electron chi connectivity index (χ2n) is 6.20. The summed E-state index contributed by atoms with van der Waals surface area (Å²) in [6.07, 6.45) is 0. The van der Waals surface area contributed by atoms with E-state index >= 15 is 0 Å². The van der Waals surface area contributed by atoms with Gasteiger partial charge < -0.3 is 5.32 Å². The Kier molecular flexibility index (Phi) is 4.06. The molecule has 0 saturated heterocycles. The lowest BCUT2D eigenvalue weighted by Crippen LogP contribution is -2.15. The summed E-state index contributed by atoms with van der Waals surface area (Å²) in [6.45, 7) is 7.77. The lowest BCUT2D eigenvalue weighted by molar-refractivity contribution is 0.102. The van der Waals surface area contributed by atoms with Crippen LogP contribution >= 0.6 is 0 Å². The normalized spacial score (nSPS) is 10.9. The number of hydrogen-bond acceptors (Lipinski definition) is 2. The van der Waals surface area contributed by atoms with E-state index in [-0.39, 0.29) is 11.7 Å². The standard InChI is InChI=1S/C20H19FN2O/c1-11-7-12(2)19(13(3)8-11)23-20(24)17-9-14(4)22-18-10-15(21)5-6-16(17)18/h5-10H,1-4H3,(H,23,24). The number of carbonyl (C=O) groups excluding carboxylic acids is 1. The number of nitrogens with zero attached hydrogens (tertiary/aromatic N) is 1. The lowest BCUT2D eigenvalue weighted by atomic mass is 10.0. The number of benzene rings is 2. The van der Waals surface area contributed by atoms with E-state index in [1.165, 1.54) is 12.1 Å². The van der Waals surface area contributed by atoms with Crippen molar-refractivity contribution in [2.75, 3.05) is 5.32 Å². The summed E-state index contributed by atoms with van der Waals surface area (Å²) in [5.41, 5.74) is 5.66. The van der Waals surface area contributed by atoms with Gasteiger partial charge in [0.25, 0.3) is 5.91 Å². The Hall–Kier alpha value is -2.75. The number of aryl methyl sites for hydroxylation is 4. The van der Waals surface area contributed by atoms with Crippen LogP contribution in [0.2, 0.25) is 0 Å². The van der Waals surface area contributed by atoms with Crippen molar-refractivity contribution in [2.45, 2.75) is 27.7 Å². The fourth-order valence-electron chi connectivity index (χ4n) is 3.08. The monoisotopic (exact) mass is 322 g/mol. The van der Waals surface area contributed by atoms with E-state index in [1.807, 2.05) is 32.9 Å². The number of fused-ring (bicyclic) bond motifs is 1. The molecule has 0 saturated carbocycles. The van der Waals surface area contributed by atoms with Crippen LogP contribution in [0, 0.1) is 33.5 Å². The van der Waals surface area contributed by atoms with Gasteiger partial charge >= 0.3 is 0 Å². The fourth-order valence-corrected chi connectivity index (χ4v) is 3.08. The van der Waals surface area contributed by atoms with Gasteiger partial charge in [-0.2, -0.15) is 0 Å². The fraction of sp³-hybridized carbons (Fsp3) is 0.200.